The van der Waals surface area contributed by atoms with Gasteiger partial charge >= 0.3 is 0 Å². The third kappa shape index (κ3) is 2.98. The van der Waals surface area contributed by atoms with Crippen molar-refractivity contribution in [1.29, 1.82) is 0 Å². The lowest BCUT2D eigenvalue weighted by Crippen LogP contribution is -1.94. The molecule has 1 aromatic carbocycles. The first-order chi connectivity index (χ1) is 10.7. The third-order valence-corrected chi connectivity index (χ3v) is 3.64. The molecular formula is C19H22N2O. The molecule has 0 aliphatic heterocycles. The van der Waals surface area contributed by atoms with E-state index in [1.54, 1.807) is 0 Å². The Morgan fingerprint density at radius 2 is 1.91 bits per heavy atom. The molecule has 0 saturated heterocycles. The van der Waals surface area contributed by atoms with Crippen LogP contribution >= 0.6 is 0 Å². The van der Waals surface area contributed by atoms with Crippen molar-refractivity contribution < 1.29 is 4.74 Å². The predicted molar refractivity (Wildman–Crippen MR) is 90.3 cm³/mol. The van der Waals surface area contributed by atoms with Gasteiger partial charge in [-0.05, 0) is 37.0 Å². The van der Waals surface area contributed by atoms with E-state index in [0.717, 1.165) is 29.1 Å². The van der Waals surface area contributed by atoms with Gasteiger partial charge in [-0.1, -0.05) is 38.1 Å². The highest BCUT2D eigenvalue weighted by Crippen LogP contribution is 2.25. The van der Waals surface area contributed by atoms with Gasteiger partial charge < -0.3 is 9.14 Å². The lowest BCUT2D eigenvalue weighted by atomic mass is 10.0. The fourth-order valence-corrected chi connectivity index (χ4v) is 2.68. The van der Waals surface area contributed by atoms with Gasteiger partial charge in [-0.3, -0.25) is 0 Å². The zero-order valence-corrected chi connectivity index (χ0v) is 13.4. The number of ether oxygens (including phenoxy) is 1. The molecule has 3 heteroatoms. The molecule has 3 aromatic rings. The van der Waals surface area contributed by atoms with Gasteiger partial charge in [0.25, 0.3) is 0 Å². The Hall–Kier alpha value is -2.29. The molecule has 0 fully saturated rings. The van der Waals surface area contributed by atoms with Crippen LogP contribution < -0.4 is 4.74 Å². The van der Waals surface area contributed by atoms with Gasteiger partial charge in [0.1, 0.15) is 0 Å². The van der Waals surface area contributed by atoms with E-state index < -0.39 is 0 Å². The molecule has 114 valence electrons. The van der Waals surface area contributed by atoms with Crippen molar-refractivity contribution in [3.63, 3.8) is 0 Å². The van der Waals surface area contributed by atoms with E-state index in [-0.39, 0.29) is 0 Å². The Bertz CT molecular complexity index is 757. The van der Waals surface area contributed by atoms with Crippen LogP contribution in [-0.4, -0.2) is 16.0 Å². The maximum atomic E-state index is 5.65. The number of nitrogens with zero attached hydrogens (tertiary/aromatic N) is 2. The van der Waals surface area contributed by atoms with Crippen molar-refractivity contribution in [3.05, 3.63) is 54.4 Å². The molecule has 0 spiro atoms. The van der Waals surface area contributed by atoms with Gasteiger partial charge in [-0.2, -0.15) is 0 Å². The fourth-order valence-electron chi connectivity index (χ4n) is 2.68. The number of fused-ring (bicyclic) bond motifs is 1. The Morgan fingerprint density at radius 1 is 1.14 bits per heavy atom. The van der Waals surface area contributed by atoms with Crippen LogP contribution in [0.2, 0.25) is 0 Å². The molecule has 0 aliphatic rings. The van der Waals surface area contributed by atoms with Crippen LogP contribution in [0.25, 0.3) is 16.9 Å². The molecule has 3 rings (SSSR count). The third-order valence-electron chi connectivity index (χ3n) is 3.64. The van der Waals surface area contributed by atoms with Crippen LogP contribution in [0.5, 0.6) is 5.75 Å². The number of benzene rings is 1. The summed E-state index contributed by atoms with van der Waals surface area (Å²) in [5, 5.41) is 0. The second-order valence-electron chi connectivity index (χ2n) is 5.96. The second kappa shape index (κ2) is 6.22. The lowest BCUT2D eigenvalue weighted by molar-refractivity contribution is 0.342. The average Bonchev–Trinajstić information content (AvgIpc) is 2.93. The van der Waals surface area contributed by atoms with E-state index in [0.29, 0.717) is 12.5 Å². The SMILES string of the molecule is CCOc1cccn2cc(-c3ccc(CC(C)C)cc3)nc12. The van der Waals surface area contributed by atoms with E-state index in [1.165, 1.54) is 5.56 Å². The minimum absolute atomic E-state index is 0.645. The van der Waals surface area contributed by atoms with Gasteiger partial charge in [-0.15, -0.1) is 0 Å². The van der Waals surface area contributed by atoms with Gasteiger partial charge in [0, 0.05) is 18.0 Å². The summed E-state index contributed by atoms with van der Waals surface area (Å²) in [4.78, 5) is 4.73. The zero-order valence-electron chi connectivity index (χ0n) is 13.4. The molecular weight excluding hydrogens is 272 g/mol. The molecule has 2 aromatic heterocycles. The van der Waals surface area contributed by atoms with Gasteiger partial charge in [0.05, 0.1) is 12.3 Å². The molecule has 0 atom stereocenters. The summed E-state index contributed by atoms with van der Waals surface area (Å²) in [5.74, 6) is 1.50. The van der Waals surface area contributed by atoms with Crippen LogP contribution in [0.3, 0.4) is 0 Å². The number of pyridine rings is 1. The predicted octanol–water partition coefficient (Wildman–Crippen LogP) is 4.60. The first-order valence-electron chi connectivity index (χ1n) is 7.87. The monoisotopic (exact) mass is 294 g/mol. The molecule has 22 heavy (non-hydrogen) atoms. The quantitative estimate of drug-likeness (QED) is 0.687. The van der Waals surface area contributed by atoms with Gasteiger partial charge in [-0.25, -0.2) is 4.98 Å². The fraction of sp³-hybridized carbons (Fsp3) is 0.316. The van der Waals surface area contributed by atoms with Crippen LogP contribution in [0.15, 0.2) is 48.8 Å². The van der Waals surface area contributed by atoms with Crippen LogP contribution in [0, 0.1) is 5.92 Å². The van der Waals surface area contributed by atoms with Crippen molar-refractivity contribution in [2.24, 2.45) is 5.92 Å². The van der Waals surface area contributed by atoms with E-state index >= 15 is 0 Å². The summed E-state index contributed by atoms with van der Waals surface area (Å²) < 4.78 is 7.66. The first kappa shape index (κ1) is 14.6. The summed E-state index contributed by atoms with van der Waals surface area (Å²) in [5.41, 5.74) is 4.35. The molecule has 0 saturated carbocycles. The largest absolute Gasteiger partial charge is 0.490 e. The molecule has 0 aliphatic carbocycles. The van der Waals surface area contributed by atoms with E-state index in [4.69, 9.17) is 9.72 Å². The highest BCUT2D eigenvalue weighted by atomic mass is 16.5. The molecule has 0 amide bonds. The summed E-state index contributed by atoms with van der Waals surface area (Å²) in [7, 11) is 0. The van der Waals surface area contributed by atoms with Gasteiger partial charge in [0.15, 0.2) is 11.4 Å². The summed E-state index contributed by atoms with van der Waals surface area (Å²) in [6.07, 6.45) is 5.16. The Morgan fingerprint density at radius 3 is 2.59 bits per heavy atom. The van der Waals surface area contributed by atoms with Crippen molar-refractivity contribution >= 4 is 5.65 Å². The molecule has 0 radical (unpaired) electrons. The summed E-state index contributed by atoms with van der Waals surface area (Å²) >= 11 is 0. The van der Waals surface area contributed by atoms with E-state index in [1.807, 2.05) is 29.7 Å². The molecule has 0 unspecified atom stereocenters. The second-order valence-corrected chi connectivity index (χ2v) is 5.96. The minimum Gasteiger partial charge on any atom is -0.490 e. The standard InChI is InChI=1S/C19H22N2O/c1-4-22-18-6-5-11-21-13-17(20-19(18)21)16-9-7-15(8-10-16)12-14(2)3/h5-11,13-14H,4,12H2,1-3H3. The minimum atomic E-state index is 0.645. The maximum Gasteiger partial charge on any atom is 0.180 e. The number of aromatic nitrogens is 2. The molecule has 0 bridgehead atoms. The number of imidazole rings is 1. The normalized spacial score (nSPS) is 11.3. The number of rotatable bonds is 5. The number of hydrogen-bond acceptors (Lipinski definition) is 2. The number of hydrogen-bond donors (Lipinski definition) is 0. The van der Waals surface area contributed by atoms with Crippen molar-refractivity contribution in [1.82, 2.24) is 9.38 Å². The highest BCUT2D eigenvalue weighted by Gasteiger charge is 2.09. The van der Waals surface area contributed by atoms with E-state index in [9.17, 15) is 0 Å². The van der Waals surface area contributed by atoms with Crippen molar-refractivity contribution in [2.75, 3.05) is 6.61 Å². The molecule has 2 heterocycles. The Kier molecular flexibility index (Phi) is 4.14. The van der Waals surface area contributed by atoms with Crippen LogP contribution in [-0.2, 0) is 6.42 Å². The molecule has 0 N–H and O–H groups in total. The topological polar surface area (TPSA) is 26.5 Å². The Balaban J connectivity index is 1.94. The lowest BCUT2D eigenvalue weighted by Gasteiger charge is -2.05. The smallest absolute Gasteiger partial charge is 0.180 e. The van der Waals surface area contributed by atoms with Gasteiger partial charge in [0.2, 0.25) is 0 Å². The van der Waals surface area contributed by atoms with Crippen molar-refractivity contribution in [3.8, 4) is 17.0 Å². The van der Waals surface area contributed by atoms with Crippen molar-refractivity contribution in [2.45, 2.75) is 27.2 Å². The summed E-state index contributed by atoms with van der Waals surface area (Å²) in [6, 6.07) is 12.6. The maximum absolute atomic E-state index is 5.65. The zero-order chi connectivity index (χ0) is 15.5. The van der Waals surface area contributed by atoms with E-state index in [2.05, 4.69) is 44.3 Å². The van der Waals surface area contributed by atoms with Crippen LogP contribution in [0.4, 0.5) is 0 Å². The summed E-state index contributed by atoms with van der Waals surface area (Å²) in [6.45, 7) is 7.11. The highest BCUT2D eigenvalue weighted by molar-refractivity contribution is 5.66. The Labute approximate surface area is 131 Å². The average molecular weight is 294 g/mol. The van der Waals surface area contributed by atoms with Crippen LogP contribution in [0.1, 0.15) is 26.3 Å². The molecule has 3 nitrogen and oxygen atoms in total. The first-order valence-corrected chi connectivity index (χ1v) is 7.87.